The van der Waals surface area contributed by atoms with Gasteiger partial charge in [0.2, 0.25) is 0 Å². The lowest BCUT2D eigenvalue weighted by atomic mass is 10.1. The molecule has 1 fully saturated rings. The lowest BCUT2D eigenvalue weighted by Crippen LogP contribution is -2.49. The predicted molar refractivity (Wildman–Crippen MR) is 101 cm³/mol. The van der Waals surface area contributed by atoms with E-state index in [9.17, 15) is 9.00 Å². The van der Waals surface area contributed by atoms with Crippen LogP contribution < -0.4 is 0 Å². The molecule has 0 saturated carbocycles. The second kappa shape index (κ2) is 8.41. The molecule has 1 aliphatic heterocycles. The third-order valence-corrected chi connectivity index (χ3v) is 5.62. The Labute approximate surface area is 151 Å². The molecule has 1 saturated heterocycles. The summed E-state index contributed by atoms with van der Waals surface area (Å²) in [4.78, 5) is 17.7. The normalized spacial score (nSPS) is 16.6. The van der Waals surface area contributed by atoms with Crippen LogP contribution in [0.4, 0.5) is 0 Å². The molecule has 0 bridgehead atoms. The van der Waals surface area contributed by atoms with Crippen LogP contribution in [0.3, 0.4) is 0 Å². The number of nitrogens with zero attached hydrogens (tertiary/aromatic N) is 2. The number of rotatable bonds is 5. The van der Waals surface area contributed by atoms with Gasteiger partial charge >= 0.3 is 0 Å². The quantitative estimate of drug-likeness (QED) is 0.826. The highest BCUT2D eigenvalue weighted by Gasteiger charge is 2.24. The Bertz CT molecular complexity index is 740. The van der Waals surface area contributed by atoms with Crippen molar-refractivity contribution >= 4 is 16.7 Å². The van der Waals surface area contributed by atoms with Gasteiger partial charge in [0.15, 0.2) is 0 Å². The summed E-state index contributed by atoms with van der Waals surface area (Å²) in [6.07, 6.45) is 2.65. The van der Waals surface area contributed by atoms with Gasteiger partial charge in [0.05, 0.1) is 21.3 Å². The van der Waals surface area contributed by atoms with Crippen molar-refractivity contribution < 1.29 is 9.00 Å². The van der Waals surface area contributed by atoms with Crippen LogP contribution in [0.5, 0.6) is 0 Å². The lowest BCUT2D eigenvalue weighted by molar-refractivity contribution is 0.0635. The molecule has 1 amide bonds. The smallest absolute Gasteiger partial charge is 0.255 e. The molecule has 1 aliphatic rings. The highest BCUT2D eigenvalue weighted by atomic mass is 32.2. The minimum Gasteiger partial charge on any atom is -0.336 e. The maximum absolute atomic E-state index is 12.8. The number of carbonyl (C=O) groups excluding carboxylic acids is 1. The van der Waals surface area contributed by atoms with Crippen LogP contribution in [0.1, 0.15) is 15.9 Å². The van der Waals surface area contributed by atoms with Crippen molar-refractivity contribution in [1.82, 2.24) is 9.80 Å². The van der Waals surface area contributed by atoms with Crippen molar-refractivity contribution in [3.8, 4) is 0 Å². The summed E-state index contributed by atoms with van der Waals surface area (Å²) in [6, 6.07) is 17.7. The molecule has 2 aromatic rings. The van der Waals surface area contributed by atoms with Gasteiger partial charge in [0.1, 0.15) is 0 Å². The van der Waals surface area contributed by atoms with E-state index in [-0.39, 0.29) is 5.91 Å². The van der Waals surface area contributed by atoms with Gasteiger partial charge in [0.25, 0.3) is 5.91 Å². The zero-order valence-corrected chi connectivity index (χ0v) is 15.4. The maximum Gasteiger partial charge on any atom is 0.255 e. The van der Waals surface area contributed by atoms with Crippen LogP contribution in [0.2, 0.25) is 0 Å². The fourth-order valence-corrected chi connectivity index (χ4v) is 3.91. The van der Waals surface area contributed by atoms with Gasteiger partial charge in [-0.2, -0.15) is 0 Å². The van der Waals surface area contributed by atoms with Crippen molar-refractivity contribution in [2.24, 2.45) is 0 Å². The molecule has 2 aromatic carbocycles. The number of carbonyl (C=O) groups is 1. The van der Waals surface area contributed by atoms with Gasteiger partial charge in [-0.3, -0.25) is 13.9 Å². The molecule has 4 nitrogen and oxygen atoms in total. The van der Waals surface area contributed by atoms with Crippen LogP contribution in [-0.2, 0) is 17.2 Å². The number of hydrogen-bond acceptors (Lipinski definition) is 3. The van der Waals surface area contributed by atoms with Gasteiger partial charge < -0.3 is 4.90 Å². The Balaban J connectivity index is 1.55. The Hall–Kier alpha value is -1.98. The predicted octanol–water partition coefficient (Wildman–Crippen LogP) is 2.42. The molecule has 132 valence electrons. The zero-order valence-electron chi connectivity index (χ0n) is 14.6. The Kier molecular flexibility index (Phi) is 6.00. The molecule has 0 spiro atoms. The monoisotopic (exact) mass is 356 g/mol. The van der Waals surface area contributed by atoms with Gasteiger partial charge in [-0.1, -0.05) is 42.5 Å². The first-order valence-electron chi connectivity index (χ1n) is 8.63. The minimum atomic E-state index is -1.15. The molecule has 25 heavy (non-hydrogen) atoms. The summed E-state index contributed by atoms with van der Waals surface area (Å²) in [5, 5.41) is 0. The third kappa shape index (κ3) is 4.55. The summed E-state index contributed by atoms with van der Waals surface area (Å²) in [6.45, 7) is 4.23. The van der Waals surface area contributed by atoms with E-state index < -0.39 is 10.8 Å². The van der Waals surface area contributed by atoms with E-state index >= 15 is 0 Å². The minimum absolute atomic E-state index is 0.00601. The molecule has 0 N–H and O–H groups in total. The lowest BCUT2D eigenvalue weighted by Gasteiger charge is -2.35. The molecule has 1 atom stereocenters. The fraction of sp³-hybridized carbons (Fsp3) is 0.350. The molecular weight excluding hydrogens is 332 g/mol. The van der Waals surface area contributed by atoms with Crippen molar-refractivity contribution in [2.75, 3.05) is 39.0 Å². The van der Waals surface area contributed by atoms with E-state index in [2.05, 4.69) is 29.2 Å². The second-order valence-corrected chi connectivity index (χ2v) is 7.67. The first-order chi connectivity index (χ1) is 12.1. The molecular formula is C20H24N2O2S. The SMILES string of the molecule is C[S@](=O)c1ccccc1C(=O)N1CCN(CCc2ccccc2)CC1. The molecule has 0 aromatic heterocycles. The first kappa shape index (κ1) is 17.8. The molecule has 0 unspecified atom stereocenters. The van der Waals surface area contributed by atoms with Crippen molar-refractivity contribution in [3.63, 3.8) is 0 Å². The van der Waals surface area contributed by atoms with Gasteiger partial charge in [0, 0.05) is 39.0 Å². The second-order valence-electron chi connectivity index (χ2n) is 6.32. The number of hydrogen-bond donors (Lipinski definition) is 0. The molecule has 0 aliphatic carbocycles. The highest BCUT2D eigenvalue weighted by Crippen LogP contribution is 2.16. The maximum atomic E-state index is 12.8. The standard InChI is InChI=1S/C20H24N2O2S/c1-25(24)19-10-6-5-9-18(19)20(23)22-15-13-21(14-16-22)12-11-17-7-3-2-4-8-17/h2-10H,11-16H2,1H3/t25-/m0/s1. The average Bonchev–Trinajstić information content (AvgIpc) is 2.67. The number of piperazine rings is 1. The summed E-state index contributed by atoms with van der Waals surface area (Å²) in [7, 11) is -1.15. The zero-order chi connectivity index (χ0) is 17.6. The summed E-state index contributed by atoms with van der Waals surface area (Å²) in [5.74, 6) is -0.00601. The largest absolute Gasteiger partial charge is 0.336 e. The van der Waals surface area contributed by atoms with Crippen molar-refractivity contribution in [3.05, 3.63) is 65.7 Å². The number of benzene rings is 2. The van der Waals surface area contributed by atoms with Crippen molar-refractivity contribution in [1.29, 1.82) is 0 Å². The van der Waals surface area contributed by atoms with E-state index in [1.54, 1.807) is 18.4 Å². The third-order valence-electron chi connectivity index (χ3n) is 4.65. The molecule has 3 rings (SSSR count). The van der Waals surface area contributed by atoms with Crippen LogP contribution in [0, 0.1) is 0 Å². The van der Waals surface area contributed by atoms with Gasteiger partial charge in [-0.15, -0.1) is 0 Å². The number of amides is 1. The Morgan fingerprint density at radius 3 is 2.28 bits per heavy atom. The van der Waals surface area contributed by atoms with E-state index in [1.807, 2.05) is 23.1 Å². The van der Waals surface area contributed by atoms with Crippen LogP contribution >= 0.6 is 0 Å². The van der Waals surface area contributed by atoms with Crippen molar-refractivity contribution in [2.45, 2.75) is 11.3 Å². The Morgan fingerprint density at radius 2 is 1.60 bits per heavy atom. The Morgan fingerprint density at radius 1 is 0.960 bits per heavy atom. The molecule has 5 heteroatoms. The molecule has 1 heterocycles. The first-order valence-corrected chi connectivity index (χ1v) is 10.2. The van der Waals surface area contributed by atoms with E-state index in [1.165, 1.54) is 5.56 Å². The average molecular weight is 356 g/mol. The fourth-order valence-electron chi connectivity index (χ4n) is 3.17. The summed E-state index contributed by atoms with van der Waals surface area (Å²) >= 11 is 0. The van der Waals surface area contributed by atoms with E-state index in [4.69, 9.17) is 0 Å². The topological polar surface area (TPSA) is 40.6 Å². The van der Waals surface area contributed by atoms with Gasteiger partial charge in [-0.05, 0) is 24.1 Å². The summed E-state index contributed by atoms with van der Waals surface area (Å²) in [5.41, 5.74) is 1.92. The van der Waals surface area contributed by atoms with E-state index in [0.29, 0.717) is 10.5 Å². The van der Waals surface area contributed by atoms with Crippen LogP contribution in [0.25, 0.3) is 0 Å². The molecule has 0 radical (unpaired) electrons. The van der Waals surface area contributed by atoms with Crippen LogP contribution in [0.15, 0.2) is 59.5 Å². The van der Waals surface area contributed by atoms with E-state index in [0.717, 1.165) is 39.1 Å². The summed E-state index contributed by atoms with van der Waals surface area (Å²) < 4.78 is 11.9. The van der Waals surface area contributed by atoms with Crippen LogP contribution in [-0.4, -0.2) is 58.9 Å². The van der Waals surface area contributed by atoms with Gasteiger partial charge in [-0.25, -0.2) is 0 Å². The highest BCUT2D eigenvalue weighted by molar-refractivity contribution is 7.84.